The lowest BCUT2D eigenvalue weighted by Crippen LogP contribution is -2.43. The van der Waals surface area contributed by atoms with Crippen LogP contribution in [0.3, 0.4) is 0 Å². The van der Waals surface area contributed by atoms with Gasteiger partial charge in [0.15, 0.2) is 0 Å². The number of benzene rings is 1. The van der Waals surface area contributed by atoms with Gasteiger partial charge in [0.25, 0.3) is 5.69 Å². The maximum atomic E-state index is 11.5. The number of aliphatic carboxylic acids is 1. The van der Waals surface area contributed by atoms with Gasteiger partial charge in [0.1, 0.15) is 12.4 Å². The molecule has 0 saturated heterocycles. The van der Waals surface area contributed by atoms with Crippen molar-refractivity contribution in [1.82, 2.24) is 4.90 Å². The molecule has 1 aliphatic rings. The molecule has 0 radical (unpaired) electrons. The Morgan fingerprint density at radius 1 is 1.55 bits per heavy atom. The number of fused-ring (bicyclic) bond motifs is 1. The third-order valence-corrected chi connectivity index (χ3v) is 3.16. The summed E-state index contributed by atoms with van der Waals surface area (Å²) in [5.41, 5.74) is -0.0396. The van der Waals surface area contributed by atoms with E-state index >= 15 is 0 Å². The average molecular weight is 277 g/mol. The van der Waals surface area contributed by atoms with Crippen molar-refractivity contribution < 1.29 is 14.8 Å². The van der Waals surface area contributed by atoms with Gasteiger partial charge in [-0.3, -0.25) is 15.1 Å². The van der Waals surface area contributed by atoms with Gasteiger partial charge in [-0.25, -0.2) is 4.79 Å². The van der Waals surface area contributed by atoms with Gasteiger partial charge in [-0.1, -0.05) is 13.3 Å². The molecule has 1 aromatic carbocycles. The van der Waals surface area contributed by atoms with Crippen molar-refractivity contribution in [3.8, 4) is 0 Å². The number of hydrogen-bond acceptors (Lipinski definition) is 5. The highest BCUT2D eigenvalue weighted by Gasteiger charge is 2.21. The predicted octanol–water partition coefficient (Wildman–Crippen LogP) is 0.480. The van der Waals surface area contributed by atoms with E-state index in [1.807, 2.05) is 6.92 Å². The van der Waals surface area contributed by atoms with Gasteiger partial charge in [-0.15, -0.1) is 0 Å². The number of carboxylic acids is 1. The number of rotatable bonds is 5. The molecule has 1 heterocycles. The zero-order valence-electron chi connectivity index (χ0n) is 11.1. The molecule has 2 rings (SSSR count). The van der Waals surface area contributed by atoms with Crippen LogP contribution in [0.2, 0.25) is 0 Å². The summed E-state index contributed by atoms with van der Waals surface area (Å²) < 4.78 is 0. The van der Waals surface area contributed by atoms with Crippen molar-refractivity contribution in [3.63, 3.8) is 0 Å². The smallest absolute Gasteiger partial charge is 0.352 e. The Balaban J connectivity index is 2.62. The van der Waals surface area contributed by atoms with Crippen molar-refractivity contribution >= 4 is 17.4 Å². The molecule has 0 spiro atoms. The second kappa shape index (κ2) is 5.68. The number of unbranched alkanes of at least 4 members (excludes halogenated alkanes) is 1. The SMILES string of the molecule is CCCCN1CN=c2ccc([N+](=O)[O-])cc2=C1C(=O)O. The number of nitro benzene ring substituents is 1. The van der Waals surface area contributed by atoms with Crippen LogP contribution in [0, 0.1) is 10.1 Å². The largest absolute Gasteiger partial charge is 0.477 e. The number of nitro groups is 1. The Bertz CT molecular complexity index is 669. The lowest BCUT2D eigenvalue weighted by molar-refractivity contribution is -0.385. The summed E-state index contributed by atoms with van der Waals surface area (Å²) in [6.45, 7) is 2.86. The average Bonchev–Trinajstić information content (AvgIpc) is 2.43. The maximum absolute atomic E-state index is 11.5. The summed E-state index contributed by atoms with van der Waals surface area (Å²) in [6, 6.07) is 4.11. The maximum Gasteiger partial charge on any atom is 0.352 e. The Morgan fingerprint density at radius 3 is 2.90 bits per heavy atom. The highest BCUT2D eigenvalue weighted by Crippen LogP contribution is 2.11. The lowest BCUT2D eigenvalue weighted by Gasteiger charge is -2.25. The first-order chi connectivity index (χ1) is 9.54. The molecule has 0 aromatic heterocycles. The summed E-state index contributed by atoms with van der Waals surface area (Å²) in [6.07, 6.45) is 1.78. The quantitative estimate of drug-likeness (QED) is 0.623. The monoisotopic (exact) mass is 277 g/mol. The van der Waals surface area contributed by atoms with Crippen LogP contribution in [0.1, 0.15) is 19.8 Å². The lowest BCUT2D eigenvalue weighted by atomic mass is 10.1. The molecule has 0 amide bonds. The van der Waals surface area contributed by atoms with Crippen molar-refractivity contribution in [2.24, 2.45) is 4.99 Å². The van der Waals surface area contributed by atoms with E-state index < -0.39 is 10.9 Å². The van der Waals surface area contributed by atoms with Crippen molar-refractivity contribution in [1.29, 1.82) is 0 Å². The van der Waals surface area contributed by atoms with E-state index in [1.54, 1.807) is 4.90 Å². The highest BCUT2D eigenvalue weighted by atomic mass is 16.6. The number of nitrogens with zero attached hydrogens (tertiary/aromatic N) is 3. The number of carbonyl (C=O) groups is 1. The van der Waals surface area contributed by atoms with E-state index in [2.05, 4.69) is 4.99 Å². The summed E-state index contributed by atoms with van der Waals surface area (Å²) in [4.78, 5) is 27.7. The van der Waals surface area contributed by atoms with Crippen LogP contribution in [-0.4, -0.2) is 34.1 Å². The van der Waals surface area contributed by atoms with Crippen LogP contribution in [0.15, 0.2) is 23.2 Å². The molecule has 1 aromatic rings. The molecule has 0 saturated carbocycles. The Kier molecular flexibility index (Phi) is 3.97. The Hall–Kier alpha value is -2.44. The van der Waals surface area contributed by atoms with Crippen LogP contribution in [-0.2, 0) is 4.79 Å². The van der Waals surface area contributed by atoms with Crippen molar-refractivity contribution in [2.45, 2.75) is 19.8 Å². The van der Waals surface area contributed by atoms with Gasteiger partial charge >= 0.3 is 5.97 Å². The summed E-state index contributed by atoms with van der Waals surface area (Å²) in [5.74, 6) is -1.09. The molecular weight excluding hydrogens is 262 g/mol. The summed E-state index contributed by atoms with van der Waals surface area (Å²) in [7, 11) is 0. The fourth-order valence-electron chi connectivity index (χ4n) is 2.15. The second-order valence-corrected chi connectivity index (χ2v) is 4.53. The molecule has 0 unspecified atom stereocenters. The first-order valence-corrected chi connectivity index (χ1v) is 6.36. The standard InChI is InChI=1S/C13H15N3O4/c1-2-3-6-15-8-14-11-5-4-9(16(19)20)7-10(11)12(15)13(17)18/h4-5,7H,2-3,6,8H2,1H3,(H,17,18). The molecular formula is C13H15N3O4. The van der Waals surface area contributed by atoms with Gasteiger partial charge in [-0.2, -0.15) is 0 Å². The minimum atomic E-state index is -1.09. The third kappa shape index (κ3) is 2.61. The highest BCUT2D eigenvalue weighted by molar-refractivity contribution is 6.07. The van der Waals surface area contributed by atoms with Gasteiger partial charge < -0.3 is 10.0 Å². The van der Waals surface area contributed by atoms with Crippen LogP contribution < -0.4 is 10.6 Å². The van der Waals surface area contributed by atoms with E-state index in [1.165, 1.54) is 18.2 Å². The number of hydrogen-bond donors (Lipinski definition) is 1. The van der Waals surface area contributed by atoms with Gasteiger partial charge in [0, 0.05) is 23.9 Å². The molecule has 0 aliphatic carbocycles. The Labute approximate surface area is 115 Å². The normalized spacial score (nSPS) is 13.7. The predicted molar refractivity (Wildman–Crippen MR) is 71.4 cm³/mol. The Morgan fingerprint density at radius 2 is 2.30 bits per heavy atom. The topological polar surface area (TPSA) is 96.0 Å². The second-order valence-electron chi connectivity index (χ2n) is 4.53. The molecule has 7 heteroatoms. The molecule has 0 fully saturated rings. The number of non-ortho nitro benzene ring substituents is 1. The molecule has 0 bridgehead atoms. The van der Waals surface area contributed by atoms with Gasteiger partial charge in [0.05, 0.1) is 10.3 Å². The molecule has 7 nitrogen and oxygen atoms in total. The van der Waals surface area contributed by atoms with E-state index in [4.69, 9.17) is 0 Å². The van der Waals surface area contributed by atoms with Gasteiger partial charge in [0.2, 0.25) is 0 Å². The number of carboxylic acid groups (broad SMARTS) is 1. The van der Waals surface area contributed by atoms with Crippen LogP contribution in [0.25, 0.3) is 5.70 Å². The zero-order chi connectivity index (χ0) is 14.7. The minimum Gasteiger partial charge on any atom is -0.477 e. The van der Waals surface area contributed by atoms with Gasteiger partial charge in [-0.05, 0) is 12.5 Å². The summed E-state index contributed by atoms with van der Waals surface area (Å²) >= 11 is 0. The molecule has 1 N–H and O–H groups in total. The van der Waals surface area contributed by atoms with Crippen LogP contribution >= 0.6 is 0 Å². The van der Waals surface area contributed by atoms with E-state index in [-0.39, 0.29) is 18.1 Å². The third-order valence-electron chi connectivity index (χ3n) is 3.16. The van der Waals surface area contributed by atoms with Crippen molar-refractivity contribution in [3.05, 3.63) is 38.9 Å². The fourth-order valence-corrected chi connectivity index (χ4v) is 2.15. The van der Waals surface area contributed by atoms with Crippen molar-refractivity contribution in [2.75, 3.05) is 13.2 Å². The first kappa shape index (κ1) is 14.0. The molecule has 0 atom stereocenters. The fraction of sp³-hybridized carbons (Fsp3) is 0.385. The van der Waals surface area contributed by atoms with E-state index in [0.717, 1.165) is 12.8 Å². The van der Waals surface area contributed by atoms with Crippen LogP contribution in [0.5, 0.6) is 0 Å². The summed E-state index contributed by atoms with van der Waals surface area (Å²) in [5, 5.41) is 21.0. The van der Waals surface area contributed by atoms with E-state index in [9.17, 15) is 20.0 Å². The first-order valence-electron chi connectivity index (χ1n) is 6.36. The molecule has 1 aliphatic heterocycles. The van der Waals surface area contributed by atoms with E-state index in [0.29, 0.717) is 17.1 Å². The minimum absolute atomic E-state index is 0.0900. The molecule has 20 heavy (non-hydrogen) atoms. The molecule has 106 valence electrons. The van der Waals surface area contributed by atoms with Crippen LogP contribution in [0.4, 0.5) is 5.69 Å². The zero-order valence-corrected chi connectivity index (χ0v) is 11.1.